The molecule has 0 atom stereocenters. The molecule has 0 aliphatic rings. The normalized spacial score (nSPS) is 11.6. The van der Waals surface area contributed by atoms with Gasteiger partial charge in [-0.25, -0.2) is 9.59 Å². The number of hydrogen-bond acceptors (Lipinski definition) is 3. The topological polar surface area (TPSA) is 79.5 Å². The van der Waals surface area contributed by atoms with Gasteiger partial charge >= 0.3 is 18.3 Å². The fraction of sp³-hybridized carbons (Fsp3) is 0.467. The summed E-state index contributed by atoms with van der Waals surface area (Å²) < 4.78 is 43.4. The van der Waals surface area contributed by atoms with Crippen molar-refractivity contribution in [1.82, 2.24) is 10.6 Å². The lowest BCUT2D eigenvalue weighted by Gasteiger charge is -2.19. The summed E-state index contributed by atoms with van der Waals surface area (Å²) in [6, 6.07) is 3.84. The minimum Gasteiger partial charge on any atom is -0.444 e. The van der Waals surface area contributed by atoms with E-state index in [2.05, 4.69) is 16.0 Å². The Morgan fingerprint density at radius 2 is 1.62 bits per heavy atom. The first-order valence-electron chi connectivity index (χ1n) is 7.17. The van der Waals surface area contributed by atoms with Gasteiger partial charge in [-0.3, -0.25) is 0 Å². The van der Waals surface area contributed by atoms with Crippen LogP contribution in [0.2, 0.25) is 0 Å². The molecular weight excluding hydrogens is 327 g/mol. The lowest BCUT2D eigenvalue weighted by molar-refractivity contribution is -0.136. The Morgan fingerprint density at radius 3 is 2.21 bits per heavy atom. The number of anilines is 1. The third kappa shape index (κ3) is 7.21. The summed E-state index contributed by atoms with van der Waals surface area (Å²) in [4.78, 5) is 23.0. The van der Waals surface area contributed by atoms with E-state index >= 15 is 0 Å². The van der Waals surface area contributed by atoms with Crippen molar-refractivity contribution < 1.29 is 27.5 Å². The van der Waals surface area contributed by atoms with Gasteiger partial charge in [-0.2, -0.15) is 13.2 Å². The SMILES string of the molecule is CC(C)(C)OC(=O)NCCNC(=O)Nc1ccccc1C(F)(F)F. The molecular formula is C15H20F3N3O3. The van der Waals surface area contributed by atoms with Gasteiger partial charge in [0.25, 0.3) is 0 Å². The van der Waals surface area contributed by atoms with Gasteiger partial charge in [0.1, 0.15) is 5.60 Å². The Labute approximate surface area is 137 Å². The zero-order valence-corrected chi connectivity index (χ0v) is 13.6. The molecule has 0 aromatic heterocycles. The van der Waals surface area contributed by atoms with E-state index in [9.17, 15) is 22.8 Å². The van der Waals surface area contributed by atoms with Crippen LogP contribution in [-0.2, 0) is 10.9 Å². The second kappa shape index (κ2) is 7.89. The summed E-state index contributed by atoms with van der Waals surface area (Å²) in [5.41, 5.74) is -1.93. The molecule has 3 N–H and O–H groups in total. The van der Waals surface area contributed by atoms with Crippen LogP contribution in [0, 0.1) is 0 Å². The Balaban J connectivity index is 2.42. The predicted octanol–water partition coefficient (Wildman–Crippen LogP) is 3.35. The van der Waals surface area contributed by atoms with Crippen LogP contribution in [-0.4, -0.2) is 30.8 Å². The average Bonchev–Trinajstić information content (AvgIpc) is 2.41. The molecule has 0 fully saturated rings. The number of alkyl carbamates (subject to hydrolysis) is 1. The number of rotatable bonds is 4. The molecule has 134 valence electrons. The molecule has 1 aromatic carbocycles. The molecule has 0 aliphatic carbocycles. The maximum atomic E-state index is 12.8. The maximum Gasteiger partial charge on any atom is 0.418 e. The number of amides is 3. The van der Waals surface area contributed by atoms with E-state index in [1.807, 2.05) is 0 Å². The number of para-hydroxylation sites is 1. The van der Waals surface area contributed by atoms with Gasteiger partial charge in [-0.1, -0.05) is 12.1 Å². The summed E-state index contributed by atoms with van der Waals surface area (Å²) in [5.74, 6) is 0. The van der Waals surface area contributed by atoms with Gasteiger partial charge < -0.3 is 20.7 Å². The standard InChI is InChI=1S/C15H20F3N3O3/c1-14(2,3)24-13(23)20-9-8-19-12(22)21-11-7-5-4-6-10(11)15(16,17)18/h4-7H,8-9H2,1-3H3,(H,20,23)(H2,19,21,22). The number of carbonyl (C=O) groups is 2. The van der Waals surface area contributed by atoms with Gasteiger partial charge in [0.15, 0.2) is 0 Å². The highest BCUT2D eigenvalue weighted by molar-refractivity contribution is 5.90. The van der Waals surface area contributed by atoms with Gasteiger partial charge in [0, 0.05) is 13.1 Å². The maximum absolute atomic E-state index is 12.8. The van der Waals surface area contributed by atoms with Crippen molar-refractivity contribution in [2.75, 3.05) is 18.4 Å². The molecule has 0 radical (unpaired) electrons. The van der Waals surface area contributed by atoms with E-state index in [0.29, 0.717) is 0 Å². The van der Waals surface area contributed by atoms with Crippen molar-refractivity contribution in [1.29, 1.82) is 0 Å². The molecule has 24 heavy (non-hydrogen) atoms. The fourth-order valence-electron chi connectivity index (χ4n) is 1.66. The molecule has 9 heteroatoms. The first-order valence-corrected chi connectivity index (χ1v) is 7.17. The van der Waals surface area contributed by atoms with Crippen molar-refractivity contribution in [2.45, 2.75) is 32.5 Å². The molecule has 1 rings (SSSR count). The largest absolute Gasteiger partial charge is 0.444 e. The Morgan fingerprint density at radius 1 is 1.04 bits per heavy atom. The van der Waals surface area contributed by atoms with Gasteiger partial charge in [-0.05, 0) is 32.9 Å². The third-order valence-electron chi connectivity index (χ3n) is 2.56. The number of urea groups is 1. The highest BCUT2D eigenvalue weighted by Gasteiger charge is 2.33. The quantitative estimate of drug-likeness (QED) is 0.731. The second-order valence-corrected chi connectivity index (χ2v) is 5.85. The van der Waals surface area contributed by atoms with Crippen LogP contribution in [0.4, 0.5) is 28.4 Å². The van der Waals surface area contributed by atoms with E-state index < -0.39 is 29.5 Å². The van der Waals surface area contributed by atoms with Gasteiger partial charge in [-0.15, -0.1) is 0 Å². The van der Waals surface area contributed by atoms with E-state index in [4.69, 9.17) is 4.74 Å². The summed E-state index contributed by atoms with van der Waals surface area (Å²) >= 11 is 0. The predicted molar refractivity (Wildman–Crippen MR) is 82.7 cm³/mol. The zero-order valence-electron chi connectivity index (χ0n) is 13.6. The third-order valence-corrected chi connectivity index (χ3v) is 2.56. The van der Waals surface area contributed by atoms with E-state index in [1.54, 1.807) is 20.8 Å². The summed E-state index contributed by atoms with van der Waals surface area (Å²) in [6.07, 6.45) is -5.21. The molecule has 0 saturated carbocycles. The van der Waals surface area contributed by atoms with E-state index in [-0.39, 0.29) is 18.8 Å². The van der Waals surface area contributed by atoms with Crippen LogP contribution in [0.1, 0.15) is 26.3 Å². The van der Waals surface area contributed by atoms with Crippen LogP contribution < -0.4 is 16.0 Å². The minimum atomic E-state index is -4.57. The number of benzene rings is 1. The van der Waals surface area contributed by atoms with Gasteiger partial charge in [0.05, 0.1) is 11.3 Å². The number of nitrogens with one attached hydrogen (secondary N) is 3. The zero-order chi connectivity index (χ0) is 18.4. The van der Waals surface area contributed by atoms with Crippen molar-refractivity contribution in [3.63, 3.8) is 0 Å². The van der Waals surface area contributed by atoms with E-state index in [1.165, 1.54) is 12.1 Å². The number of carbonyl (C=O) groups excluding carboxylic acids is 2. The molecule has 0 unspecified atom stereocenters. The van der Waals surface area contributed by atoms with E-state index in [0.717, 1.165) is 12.1 Å². The Hall–Kier alpha value is -2.45. The average molecular weight is 347 g/mol. The minimum absolute atomic E-state index is 0.0270. The van der Waals surface area contributed by atoms with Crippen molar-refractivity contribution in [3.8, 4) is 0 Å². The van der Waals surface area contributed by atoms with Crippen LogP contribution >= 0.6 is 0 Å². The lowest BCUT2D eigenvalue weighted by Crippen LogP contribution is -2.39. The van der Waals surface area contributed by atoms with Crippen molar-refractivity contribution in [2.24, 2.45) is 0 Å². The number of hydrogen-bond donors (Lipinski definition) is 3. The fourth-order valence-corrected chi connectivity index (χ4v) is 1.66. The Bertz CT molecular complexity index is 583. The van der Waals surface area contributed by atoms with Crippen LogP contribution in [0.15, 0.2) is 24.3 Å². The van der Waals surface area contributed by atoms with Crippen LogP contribution in [0.25, 0.3) is 0 Å². The lowest BCUT2D eigenvalue weighted by atomic mass is 10.1. The first-order chi connectivity index (χ1) is 11.0. The molecule has 0 bridgehead atoms. The number of halogens is 3. The Kier molecular flexibility index (Phi) is 6.44. The van der Waals surface area contributed by atoms with Gasteiger partial charge in [0.2, 0.25) is 0 Å². The highest BCUT2D eigenvalue weighted by Crippen LogP contribution is 2.34. The van der Waals surface area contributed by atoms with Crippen LogP contribution in [0.3, 0.4) is 0 Å². The summed E-state index contributed by atoms with van der Waals surface area (Å²) in [5, 5.41) is 6.88. The van der Waals surface area contributed by atoms with Crippen molar-refractivity contribution >= 4 is 17.8 Å². The first kappa shape index (κ1) is 19.6. The smallest absolute Gasteiger partial charge is 0.418 e. The highest BCUT2D eigenvalue weighted by atomic mass is 19.4. The molecule has 0 spiro atoms. The molecule has 1 aromatic rings. The molecule has 0 aliphatic heterocycles. The molecule has 6 nitrogen and oxygen atoms in total. The monoisotopic (exact) mass is 347 g/mol. The summed E-state index contributed by atoms with van der Waals surface area (Å²) in [7, 11) is 0. The van der Waals surface area contributed by atoms with Crippen molar-refractivity contribution in [3.05, 3.63) is 29.8 Å². The number of alkyl halides is 3. The molecule has 0 heterocycles. The second-order valence-electron chi connectivity index (χ2n) is 5.85. The molecule has 0 saturated heterocycles. The summed E-state index contributed by atoms with van der Waals surface area (Å²) in [6.45, 7) is 5.21. The molecule has 3 amide bonds. The number of ether oxygens (including phenoxy) is 1. The van der Waals surface area contributed by atoms with Crippen LogP contribution in [0.5, 0.6) is 0 Å².